The first-order valence-corrected chi connectivity index (χ1v) is 17.4. The van der Waals surface area contributed by atoms with Gasteiger partial charge in [-0.05, 0) is 178 Å². The molecule has 0 aliphatic heterocycles. The normalized spacial score (nSPS) is 16.9. The van der Waals surface area contributed by atoms with Crippen LogP contribution in [0.1, 0.15) is 90.1 Å². The van der Waals surface area contributed by atoms with Crippen LogP contribution in [0.15, 0.2) is 36.7 Å². The van der Waals surface area contributed by atoms with Crippen LogP contribution in [0.3, 0.4) is 0 Å². The van der Waals surface area contributed by atoms with Crippen LogP contribution >= 0.6 is 25.3 Å². The number of hydrogen-bond donors (Lipinski definition) is 2. The molecule has 2 aromatic rings. The molecule has 0 radical (unpaired) electrons. The van der Waals surface area contributed by atoms with Crippen LogP contribution in [0.25, 0.3) is 10.4 Å². The average Bonchev–Trinajstić information content (AvgIpc) is 3.96. The molecule has 2 fully saturated rings. The minimum atomic E-state index is 0. The van der Waals surface area contributed by atoms with Gasteiger partial charge in [-0.1, -0.05) is 24.3 Å². The summed E-state index contributed by atoms with van der Waals surface area (Å²) in [6.07, 6.45) is 22.6. The fourth-order valence-electron chi connectivity index (χ4n) is 5.63. The van der Waals surface area contributed by atoms with Crippen LogP contribution in [-0.4, -0.2) is 15.7 Å². The van der Waals surface area contributed by atoms with Crippen molar-refractivity contribution in [2.75, 3.05) is 5.75 Å². The molecule has 3 aliphatic carbocycles. The molecule has 1 heterocycles. The molecule has 53 heavy (non-hydrogen) atoms. The molecule has 0 saturated heterocycles. The van der Waals surface area contributed by atoms with Gasteiger partial charge in [0.15, 0.2) is 0 Å². The predicted molar refractivity (Wildman–Crippen MR) is 244 cm³/mol. The SMILES string of the molecule is C#CC#CC#CC#CC#CC#CC#CC#CC#CC#CC#C.N[C@@H]1c2ccccc2CC12CCC(c1cnc(CSCC3CC3)cn1)CC2.S.[HH].[HH].[HH].[HH].[HH].[HH].[HH].[HH].[HH].[HH].[HH].[HH].[N-]=[N+]=N. The summed E-state index contributed by atoms with van der Waals surface area (Å²) in [5.74, 6) is 52.0. The molecule has 0 unspecified atom stereocenters. The summed E-state index contributed by atoms with van der Waals surface area (Å²) in [6.45, 7) is 0. The lowest BCUT2D eigenvalue weighted by Gasteiger charge is -2.40. The van der Waals surface area contributed by atoms with E-state index >= 15 is 0 Å². The summed E-state index contributed by atoms with van der Waals surface area (Å²) in [4.78, 5) is 11.2. The number of fused-ring (bicyclic) bond motifs is 1. The van der Waals surface area contributed by atoms with Crippen molar-refractivity contribution in [1.82, 2.24) is 9.97 Å². The highest BCUT2D eigenvalue weighted by Gasteiger charge is 2.46. The van der Waals surface area contributed by atoms with Gasteiger partial charge in [-0.25, -0.2) is 0 Å². The topological polar surface area (TPSA) is 112 Å². The second-order valence-corrected chi connectivity index (χ2v) is 12.5. The van der Waals surface area contributed by atoms with Gasteiger partial charge in [-0.15, -0.1) is 18.4 Å². The van der Waals surface area contributed by atoms with Gasteiger partial charge in [-0.3, -0.25) is 9.97 Å². The van der Waals surface area contributed by atoms with Gasteiger partial charge >= 0.3 is 0 Å². The maximum Gasteiger partial charge on any atom is 0.0685 e. The van der Waals surface area contributed by atoms with E-state index in [0.717, 1.165) is 23.8 Å². The number of nitrogens with one attached hydrogen (secondary N) is 1. The lowest BCUT2D eigenvalue weighted by molar-refractivity contribution is 0.148. The van der Waals surface area contributed by atoms with Crippen molar-refractivity contribution in [2.24, 2.45) is 17.1 Å². The molecule has 2 saturated carbocycles. The van der Waals surface area contributed by atoms with Gasteiger partial charge < -0.3 is 5.73 Å². The van der Waals surface area contributed by atoms with Crippen LogP contribution in [0.2, 0.25) is 0 Å². The molecule has 1 aromatic carbocycles. The Labute approximate surface area is 343 Å². The Kier molecular flexibility index (Phi) is 20.4. The van der Waals surface area contributed by atoms with Crippen molar-refractivity contribution in [3.63, 3.8) is 0 Å². The van der Waals surface area contributed by atoms with Crippen LogP contribution in [-0.2, 0) is 12.2 Å². The molecule has 1 aromatic heterocycles. The summed E-state index contributed by atoms with van der Waals surface area (Å²) in [5.41, 5.74) is 24.4. The Balaban J connectivity index is -0.0000000802. The highest BCUT2D eigenvalue weighted by atomic mass is 32.2. The fourth-order valence-corrected chi connectivity index (χ4v) is 6.77. The molecule has 1 atom stereocenters. The van der Waals surface area contributed by atoms with Gasteiger partial charge in [0, 0.05) is 70.9 Å². The lowest BCUT2D eigenvalue weighted by atomic mass is 9.66. The first kappa shape index (κ1) is 42.6. The minimum absolute atomic E-state index is 0. The molecular formula is C45H58N6S2. The van der Waals surface area contributed by atoms with Crippen molar-refractivity contribution in [3.8, 4) is 131 Å². The number of thioether (sulfide) groups is 1. The molecule has 3 aliphatic rings. The number of hydrogen-bond acceptors (Lipinski definition) is 5. The standard InChI is InChI=1S/C23H29N3S.C22H2.HN3.H2S.12H2/c24-22-20-4-2-1-3-18(20)11-23(22)9-7-17(8-10-23)21-13-25-19(12-26-21)15-27-14-16-5-6-16;1-3-5-7-9-11-13-15-17-19-21-22-20-18-16-14-12-10-8-6-4-2;1-3-2;;;;;;;;;;;;;/h1-4,12-13,16-17,22H,5-11,14-15,24H2;1-2H;1H;1H2;12*1H/t17?,22-,23?;;;;;;;;;;;;;;;/m1.............../s1. The summed E-state index contributed by atoms with van der Waals surface area (Å²) < 4.78 is 0. The molecule has 5 rings (SSSR count). The smallest absolute Gasteiger partial charge is 0.0685 e. The van der Waals surface area contributed by atoms with Gasteiger partial charge in [0.1, 0.15) is 0 Å². The zero-order valence-electron chi connectivity index (χ0n) is 29.0. The fraction of sp³-hybridized carbons (Fsp3) is 0.289. The zero-order chi connectivity index (χ0) is 37.1. The second-order valence-electron chi connectivity index (χ2n) is 11.5. The summed E-state index contributed by atoms with van der Waals surface area (Å²) in [5, 5.41) is 0. The quantitative estimate of drug-likeness (QED) is 0.138. The third-order valence-corrected chi connectivity index (χ3v) is 9.43. The molecule has 280 valence electrons. The molecule has 1 spiro atoms. The average molecular weight is 747 g/mol. The van der Waals surface area contributed by atoms with Gasteiger partial charge in [0.2, 0.25) is 0 Å². The molecule has 0 bridgehead atoms. The molecular weight excluding hydrogens is 689 g/mol. The van der Waals surface area contributed by atoms with E-state index in [1.54, 1.807) is 4.91 Å². The van der Waals surface area contributed by atoms with Crippen LogP contribution < -0.4 is 5.73 Å². The van der Waals surface area contributed by atoms with E-state index in [2.05, 4.69) is 143 Å². The lowest BCUT2D eigenvalue weighted by Crippen LogP contribution is -2.35. The van der Waals surface area contributed by atoms with E-state index in [9.17, 15) is 0 Å². The first-order valence-electron chi connectivity index (χ1n) is 16.2. The first-order chi connectivity index (χ1) is 25.6. The van der Waals surface area contributed by atoms with E-state index in [1.165, 1.54) is 61.1 Å². The Bertz CT molecular complexity index is 2250. The summed E-state index contributed by atoms with van der Waals surface area (Å²) in [7, 11) is 0. The van der Waals surface area contributed by atoms with Gasteiger partial charge in [-0.2, -0.15) is 25.3 Å². The number of rotatable bonds is 5. The molecule has 0 amide bonds. The summed E-state index contributed by atoms with van der Waals surface area (Å²) in [6, 6.07) is 8.97. The highest BCUT2D eigenvalue weighted by Crippen LogP contribution is 2.55. The number of benzene rings is 1. The largest absolute Gasteiger partial charge is 0.323 e. The third kappa shape index (κ3) is 15.9. The molecule has 3 N–H and O–H groups in total. The van der Waals surface area contributed by atoms with Gasteiger partial charge in [0.05, 0.1) is 11.4 Å². The zero-order valence-corrected chi connectivity index (χ0v) is 30.8. The highest BCUT2D eigenvalue weighted by molar-refractivity contribution is 7.98. The predicted octanol–water partition coefficient (Wildman–Crippen LogP) is 9.24. The van der Waals surface area contributed by atoms with E-state index < -0.39 is 0 Å². The van der Waals surface area contributed by atoms with E-state index in [0.29, 0.717) is 5.92 Å². The third-order valence-electron chi connectivity index (χ3n) is 8.22. The summed E-state index contributed by atoms with van der Waals surface area (Å²) >= 11 is 2.01. The van der Waals surface area contributed by atoms with E-state index in [4.69, 9.17) is 39.6 Å². The van der Waals surface area contributed by atoms with Crippen molar-refractivity contribution >= 4 is 25.3 Å². The number of nitrogens with two attached hydrogens (primary N) is 1. The van der Waals surface area contributed by atoms with E-state index in [-0.39, 0.29) is 42.1 Å². The maximum atomic E-state index is 6.86. The maximum absolute atomic E-state index is 6.86. The Morgan fingerprint density at radius 1 is 0.774 bits per heavy atom. The number of aromatic nitrogens is 2. The molecule has 8 heteroatoms. The van der Waals surface area contributed by atoms with Crippen LogP contribution in [0.5, 0.6) is 0 Å². The van der Waals surface area contributed by atoms with Crippen LogP contribution in [0, 0.1) is 148 Å². The van der Waals surface area contributed by atoms with Crippen molar-refractivity contribution < 1.29 is 17.1 Å². The number of nitrogens with zero attached hydrogens (tertiary/aromatic N) is 4. The Morgan fingerprint density at radius 2 is 1.25 bits per heavy atom. The Morgan fingerprint density at radius 3 is 1.66 bits per heavy atom. The molecule has 6 nitrogen and oxygen atoms in total. The number of terminal acetylenes is 2. The van der Waals surface area contributed by atoms with E-state index in [1.807, 2.05) is 24.2 Å². The second kappa shape index (κ2) is 25.4. The minimum Gasteiger partial charge on any atom is -0.323 e. The van der Waals surface area contributed by atoms with Crippen molar-refractivity contribution in [1.29, 1.82) is 5.53 Å². The van der Waals surface area contributed by atoms with Crippen molar-refractivity contribution in [3.05, 3.63) is 69.6 Å². The van der Waals surface area contributed by atoms with Crippen molar-refractivity contribution in [2.45, 2.75) is 62.7 Å². The van der Waals surface area contributed by atoms with Crippen LogP contribution in [0.4, 0.5) is 0 Å². The monoisotopic (exact) mass is 746 g/mol. The Hall–Kier alpha value is -6.57. The van der Waals surface area contributed by atoms with Gasteiger partial charge in [0.25, 0.3) is 0 Å².